The smallest absolute Gasteiger partial charge is 0.305 e. The fourth-order valence-corrected chi connectivity index (χ4v) is 2.90. The summed E-state index contributed by atoms with van der Waals surface area (Å²) in [5, 5.41) is 6.27. The largest absolute Gasteiger partial charge is 0.469 e. The molecule has 2 N–H and O–H groups in total. The SMILES string of the molecule is COC(=O)CCCCCNC(=O)CC1CSCCN1. The Bertz CT molecular complexity index is 281. The van der Waals surface area contributed by atoms with Crippen molar-refractivity contribution in [2.75, 3.05) is 31.7 Å². The number of ether oxygens (including phenoxy) is 1. The molecule has 1 saturated heterocycles. The van der Waals surface area contributed by atoms with Gasteiger partial charge in [-0.05, 0) is 12.8 Å². The topological polar surface area (TPSA) is 67.4 Å². The van der Waals surface area contributed by atoms with Crippen LogP contribution in [-0.4, -0.2) is 49.6 Å². The fourth-order valence-electron chi connectivity index (χ4n) is 1.95. The van der Waals surface area contributed by atoms with Crippen LogP contribution in [-0.2, 0) is 14.3 Å². The van der Waals surface area contributed by atoms with E-state index in [1.807, 2.05) is 11.8 Å². The minimum Gasteiger partial charge on any atom is -0.469 e. The van der Waals surface area contributed by atoms with Crippen LogP contribution < -0.4 is 10.6 Å². The molecule has 0 saturated carbocycles. The molecular weight excluding hydrogens is 264 g/mol. The van der Waals surface area contributed by atoms with Crippen LogP contribution in [0.15, 0.2) is 0 Å². The van der Waals surface area contributed by atoms with Crippen molar-refractivity contribution in [3.8, 4) is 0 Å². The molecule has 1 heterocycles. The first kappa shape index (κ1) is 16.3. The first-order valence-electron chi connectivity index (χ1n) is 6.87. The Balaban J connectivity index is 1.93. The van der Waals surface area contributed by atoms with Gasteiger partial charge in [0.15, 0.2) is 0 Å². The van der Waals surface area contributed by atoms with Gasteiger partial charge in [0.05, 0.1) is 7.11 Å². The Kier molecular flexibility index (Phi) is 8.66. The molecule has 1 amide bonds. The van der Waals surface area contributed by atoms with Gasteiger partial charge in [-0.2, -0.15) is 11.8 Å². The molecule has 0 bridgehead atoms. The van der Waals surface area contributed by atoms with Crippen molar-refractivity contribution in [2.24, 2.45) is 0 Å². The van der Waals surface area contributed by atoms with E-state index >= 15 is 0 Å². The van der Waals surface area contributed by atoms with Crippen molar-refractivity contribution in [1.29, 1.82) is 0 Å². The van der Waals surface area contributed by atoms with Gasteiger partial charge in [-0.15, -0.1) is 0 Å². The summed E-state index contributed by atoms with van der Waals surface area (Å²) in [5.74, 6) is 2.11. The van der Waals surface area contributed by atoms with Crippen LogP contribution in [0.4, 0.5) is 0 Å². The van der Waals surface area contributed by atoms with Crippen molar-refractivity contribution in [3.63, 3.8) is 0 Å². The molecule has 110 valence electrons. The molecule has 0 aromatic heterocycles. The molecule has 0 aliphatic carbocycles. The Morgan fingerprint density at radius 1 is 1.37 bits per heavy atom. The standard InChI is InChI=1S/C13H24N2O3S/c1-18-13(17)5-3-2-4-6-15-12(16)9-11-10-19-8-7-14-11/h11,14H,2-10H2,1H3,(H,15,16). The lowest BCUT2D eigenvalue weighted by Crippen LogP contribution is -2.41. The highest BCUT2D eigenvalue weighted by atomic mass is 32.2. The Morgan fingerprint density at radius 3 is 2.89 bits per heavy atom. The highest BCUT2D eigenvalue weighted by Gasteiger charge is 2.16. The number of esters is 1. The third-order valence-corrected chi connectivity index (χ3v) is 4.17. The Labute approximate surface area is 119 Å². The van der Waals surface area contributed by atoms with Crippen LogP contribution in [0.5, 0.6) is 0 Å². The number of thioether (sulfide) groups is 1. The quantitative estimate of drug-likeness (QED) is 0.514. The summed E-state index contributed by atoms with van der Waals surface area (Å²) in [6, 6.07) is 0.318. The van der Waals surface area contributed by atoms with E-state index in [0.29, 0.717) is 25.4 Å². The molecule has 1 rings (SSSR count). The van der Waals surface area contributed by atoms with Gasteiger partial charge in [0.1, 0.15) is 0 Å². The van der Waals surface area contributed by atoms with Gasteiger partial charge < -0.3 is 15.4 Å². The molecule has 0 radical (unpaired) electrons. The summed E-state index contributed by atoms with van der Waals surface area (Å²) >= 11 is 1.90. The minimum atomic E-state index is -0.162. The zero-order chi connectivity index (χ0) is 13.9. The number of carbonyl (C=O) groups is 2. The van der Waals surface area contributed by atoms with E-state index in [0.717, 1.165) is 37.3 Å². The average molecular weight is 288 g/mol. The number of hydrogen-bond donors (Lipinski definition) is 2. The first-order valence-corrected chi connectivity index (χ1v) is 8.02. The second kappa shape index (κ2) is 10.1. The lowest BCUT2D eigenvalue weighted by atomic mass is 10.2. The van der Waals surface area contributed by atoms with Gasteiger partial charge in [0.25, 0.3) is 0 Å². The lowest BCUT2D eigenvalue weighted by molar-refractivity contribution is -0.140. The zero-order valence-corrected chi connectivity index (χ0v) is 12.4. The number of unbranched alkanes of at least 4 members (excludes halogenated alkanes) is 2. The van der Waals surface area contributed by atoms with Crippen molar-refractivity contribution in [2.45, 2.75) is 38.1 Å². The maximum Gasteiger partial charge on any atom is 0.305 e. The van der Waals surface area contributed by atoms with Crippen molar-refractivity contribution < 1.29 is 14.3 Å². The molecule has 1 fully saturated rings. The second-order valence-electron chi connectivity index (χ2n) is 4.67. The summed E-state index contributed by atoms with van der Waals surface area (Å²) in [4.78, 5) is 22.5. The Hall–Kier alpha value is -0.750. The molecule has 1 aliphatic rings. The number of hydrogen-bond acceptors (Lipinski definition) is 5. The summed E-state index contributed by atoms with van der Waals surface area (Å²) < 4.78 is 4.56. The predicted octanol–water partition coefficient (Wildman–Crippen LogP) is 0.931. The van der Waals surface area contributed by atoms with E-state index in [4.69, 9.17) is 0 Å². The zero-order valence-electron chi connectivity index (χ0n) is 11.6. The molecular formula is C13H24N2O3S. The average Bonchev–Trinajstić information content (AvgIpc) is 2.43. The van der Waals surface area contributed by atoms with E-state index < -0.39 is 0 Å². The van der Waals surface area contributed by atoms with Gasteiger partial charge in [-0.1, -0.05) is 6.42 Å². The molecule has 0 aromatic rings. The van der Waals surface area contributed by atoms with Crippen molar-refractivity contribution in [3.05, 3.63) is 0 Å². The molecule has 6 heteroatoms. The van der Waals surface area contributed by atoms with Gasteiger partial charge in [-0.25, -0.2) is 0 Å². The van der Waals surface area contributed by atoms with Crippen LogP contribution in [0.3, 0.4) is 0 Å². The van der Waals surface area contributed by atoms with Crippen molar-refractivity contribution >= 4 is 23.6 Å². The number of carbonyl (C=O) groups excluding carboxylic acids is 2. The molecule has 1 unspecified atom stereocenters. The monoisotopic (exact) mass is 288 g/mol. The van der Waals surface area contributed by atoms with Gasteiger partial charge >= 0.3 is 5.97 Å². The molecule has 1 atom stereocenters. The lowest BCUT2D eigenvalue weighted by Gasteiger charge is -2.22. The van der Waals surface area contributed by atoms with Crippen LogP contribution in [0.2, 0.25) is 0 Å². The number of amides is 1. The highest BCUT2D eigenvalue weighted by molar-refractivity contribution is 7.99. The van der Waals surface area contributed by atoms with Crippen molar-refractivity contribution in [1.82, 2.24) is 10.6 Å². The van der Waals surface area contributed by atoms with E-state index in [2.05, 4.69) is 15.4 Å². The molecule has 1 aliphatic heterocycles. The number of nitrogens with one attached hydrogen (secondary N) is 2. The number of rotatable bonds is 8. The van der Waals surface area contributed by atoms with Gasteiger partial charge in [0, 0.05) is 43.5 Å². The third-order valence-electron chi connectivity index (χ3n) is 3.04. The molecule has 0 aromatic carbocycles. The first-order chi connectivity index (χ1) is 9.22. The maximum atomic E-state index is 11.7. The van der Waals surface area contributed by atoms with Gasteiger partial charge in [0.2, 0.25) is 5.91 Å². The van der Waals surface area contributed by atoms with Crippen LogP contribution in [0, 0.1) is 0 Å². The van der Waals surface area contributed by atoms with E-state index in [1.54, 1.807) is 0 Å². The normalized spacial score (nSPS) is 18.9. The third kappa shape index (κ3) is 8.10. The summed E-state index contributed by atoms with van der Waals surface area (Å²) in [7, 11) is 1.40. The second-order valence-corrected chi connectivity index (χ2v) is 5.82. The highest BCUT2D eigenvalue weighted by Crippen LogP contribution is 2.10. The summed E-state index contributed by atoms with van der Waals surface area (Å²) in [6.07, 6.45) is 3.70. The predicted molar refractivity (Wildman–Crippen MR) is 77.2 cm³/mol. The molecule has 5 nitrogen and oxygen atoms in total. The fraction of sp³-hybridized carbons (Fsp3) is 0.846. The summed E-state index contributed by atoms with van der Waals surface area (Å²) in [5.41, 5.74) is 0. The summed E-state index contributed by atoms with van der Waals surface area (Å²) in [6.45, 7) is 1.69. The number of methoxy groups -OCH3 is 1. The van der Waals surface area contributed by atoms with E-state index in [-0.39, 0.29) is 11.9 Å². The molecule has 0 spiro atoms. The van der Waals surface area contributed by atoms with Crippen LogP contribution >= 0.6 is 11.8 Å². The Morgan fingerprint density at radius 2 is 2.21 bits per heavy atom. The maximum absolute atomic E-state index is 11.7. The molecule has 19 heavy (non-hydrogen) atoms. The van der Waals surface area contributed by atoms with E-state index in [9.17, 15) is 9.59 Å². The van der Waals surface area contributed by atoms with Crippen LogP contribution in [0.1, 0.15) is 32.1 Å². The van der Waals surface area contributed by atoms with Gasteiger partial charge in [-0.3, -0.25) is 9.59 Å². The minimum absolute atomic E-state index is 0.118. The van der Waals surface area contributed by atoms with E-state index in [1.165, 1.54) is 7.11 Å². The van der Waals surface area contributed by atoms with Crippen LogP contribution in [0.25, 0.3) is 0 Å².